The minimum atomic E-state index is 0.224. The Morgan fingerprint density at radius 2 is 1.77 bits per heavy atom. The van der Waals surface area contributed by atoms with Crippen LogP contribution in [0.25, 0.3) is 0 Å². The van der Waals surface area contributed by atoms with Gasteiger partial charge in [-0.15, -0.1) is 0 Å². The minimum Gasteiger partial charge on any atom is -0.493 e. The number of hydrogen-bond acceptors (Lipinski definition) is 4. The molecule has 4 heteroatoms. The van der Waals surface area contributed by atoms with Crippen LogP contribution in [0.1, 0.15) is 24.0 Å². The second-order valence-corrected chi connectivity index (χ2v) is 7.52. The van der Waals surface area contributed by atoms with Crippen LogP contribution in [0.15, 0.2) is 78.9 Å². The van der Waals surface area contributed by atoms with Crippen molar-refractivity contribution in [3.05, 3.63) is 90.0 Å². The van der Waals surface area contributed by atoms with E-state index in [1.807, 2.05) is 42.5 Å². The van der Waals surface area contributed by atoms with Crippen LogP contribution in [0.2, 0.25) is 0 Å². The molecule has 0 aromatic heterocycles. The lowest BCUT2D eigenvalue weighted by Crippen LogP contribution is -2.16. The molecule has 3 aromatic rings. The smallest absolute Gasteiger partial charge is 0.124 e. The lowest BCUT2D eigenvalue weighted by molar-refractivity contribution is 0.0680. The second kappa shape index (κ2) is 10.7. The monoisotopic (exact) mass is 403 g/mol. The van der Waals surface area contributed by atoms with Gasteiger partial charge in [-0.05, 0) is 36.6 Å². The van der Waals surface area contributed by atoms with Crippen LogP contribution < -0.4 is 14.8 Å². The SMILES string of the molecule is c1ccc(CCOc2ccccc2CNc2cccc(OCC3CCCO3)c2)cc1. The summed E-state index contributed by atoms with van der Waals surface area (Å²) < 4.78 is 17.6. The molecule has 1 saturated heterocycles. The van der Waals surface area contributed by atoms with Crippen molar-refractivity contribution in [3.8, 4) is 11.5 Å². The maximum Gasteiger partial charge on any atom is 0.124 e. The van der Waals surface area contributed by atoms with E-state index in [2.05, 4.69) is 41.7 Å². The molecule has 0 radical (unpaired) electrons. The van der Waals surface area contributed by atoms with Crippen LogP contribution in [0.4, 0.5) is 5.69 Å². The molecule has 3 aromatic carbocycles. The Labute approximate surface area is 178 Å². The number of rotatable bonds is 10. The van der Waals surface area contributed by atoms with Gasteiger partial charge in [-0.25, -0.2) is 0 Å². The molecule has 0 spiro atoms. The maximum atomic E-state index is 6.07. The fourth-order valence-electron chi connectivity index (χ4n) is 3.57. The Morgan fingerprint density at radius 1 is 0.900 bits per heavy atom. The quantitative estimate of drug-likeness (QED) is 0.487. The first-order chi connectivity index (χ1) is 14.9. The van der Waals surface area contributed by atoms with Crippen LogP contribution >= 0.6 is 0 Å². The predicted molar refractivity (Wildman–Crippen MR) is 120 cm³/mol. The van der Waals surface area contributed by atoms with Gasteiger partial charge in [-0.3, -0.25) is 0 Å². The number of hydrogen-bond donors (Lipinski definition) is 1. The number of anilines is 1. The van der Waals surface area contributed by atoms with Gasteiger partial charge in [-0.2, -0.15) is 0 Å². The molecule has 1 N–H and O–H groups in total. The largest absolute Gasteiger partial charge is 0.493 e. The topological polar surface area (TPSA) is 39.7 Å². The van der Waals surface area contributed by atoms with Gasteiger partial charge in [0, 0.05) is 36.9 Å². The molecule has 4 nitrogen and oxygen atoms in total. The highest BCUT2D eigenvalue weighted by Gasteiger charge is 2.16. The van der Waals surface area contributed by atoms with Crippen molar-refractivity contribution in [1.29, 1.82) is 0 Å². The highest BCUT2D eigenvalue weighted by molar-refractivity contribution is 5.49. The molecule has 1 fully saturated rings. The summed E-state index contributed by atoms with van der Waals surface area (Å²) in [5.74, 6) is 1.79. The minimum absolute atomic E-state index is 0.224. The summed E-state index contributed by atoms with van der Waals surface area (Å²) in [7, 11) is 0. The molecule has 1 aliphatic rings. The van der Waals surface area contributed by atoms with E-state index in [4.69, 9.17) is 14.2 Å². The van der Waals surface area contributed by atoms with Crippen molar-refractivity contribution in [2.24, 2.45) is 0 Å². The molecule has 1 unspecified atom stereocenters. The van der Waals surface area contributed by atoms with Crippen LogP contribution in [-0.2, 0) is 17.7 Å². The Bertz CT molecular complexity index is 907. The van der Waals surface area contributed by atoms with E-state index >= 15 is 0 Å². The third-order valence-electron chi connectivity index (χ3n) is 5.24. The van der Waals surface area contributed by atoms with Crippen molar-refractivity contribution in [3.63, 3.8) is 0 Å². The van der Waals surface area contributed by atoms with E-state index < -0.39 is 0 Å². The zero-order valence-electron chi connectivity index (χ0n) is 17.3. The summed E-state index contributed by atoms with van der Waals surface area (Å²) in [6.45, 7) is 2.81. The molecule has 156 valence electrons. The molecular weight excluding hydrogens is 374 g/mol. The lowest BCUT2D eigenvalue weighted by Gasteiger charge is -2.14. The Kier molecular flexibility index (Phi) is 7.24. The van der Waals surface area contributed by atoms with Crippen molar-refractivity contribution < 1.29 is 14.2 Å². The molecule has 0 bridgehead atoms. The summed E-state index contributed by atoms with van der Waals surface area (Å²) in [6, 6.07) is 26.7. The van der Waals surface area contributed by atoms with Crippen molar-refractivity contribution in [2.75, 3.05) is 25.1 Å². The van der Waals surface area contributed by atoms with Gasteiger partial charge >= 0.3 is 0 Å². The molecular formula is C26H29NO3. The lowest BCUT2D eigenvalue weighted by atomic mass is 10.1. The van der Waals surface area contributed by atoms with Crippen LogP contribution in [0.5, 0.6) is 11.5 Å². The molecule has 4 rings (SSSR count). The van der Waals surface area contributed by atoms with E-state index in [1.165, 1.54) is 5.56 Å². The third kappa shape index (κ3) is 6.01. The number of ether oxygens (including phenoxy) is 3. The highest BCUT2D eigenvalue weighted by atomic mass is 16.5. The number of para-hydroxylation sites is 1. The molecule has 0 amide bonds. The number of benzene rings is 3. The zero-order chi connectivity index (χ0) is 20.4. The first-order valence-corrected chi connectivity index (χ1v) is 10.7. The van der Waals surface area contributed by atoms with E-state index in [-0.39, 0.29) is 6.10 Å². The summed E-state index contributed by atoms with van der Waals surface area (Å²) in [4.78, 5) is 0. The molecule has 1 atom stereocenters. The van der Waals surface area contributed by atoms with E-state index in [0.29, 0.717) is 19.8 Å². The Hall–Kier alpha value is -2.98. The van der Waals surface area contributed by atoms with Crippen LogP contribution in [0.3, 0.4) is 0 Å². The molecule has 30 heavy (non-hydrogen) atoms. The standard InChI is InChI=1S/C26H29NO3/c1-2-8-21(9-3-1)15-17-29-26-14-5-4-10-22(26)19-27-23-11-6-12-24(18-23)30-20-25-13-7-16-28-25/h1-6,8-12,14,18,25,27H,7,13,15-17,19-20H2. The van der Waals surface area contributed by atoms with E-state index in [0.717, 1.165) is 48.6 Å². The summed E-state index contributed by atoms with van der Waals surface area (Å²) >= 11 is 0. The van der Waals surface area contributed by atoms with Crippen molar-refractivity contribution in [2.45, 2.75) is 31.9 Å². The van der Waals surface area contributed by atoms with Gasteiger partial charge in [0.25, 0.3) is 0 Å². The van der Waals surface area contributed by atoms with Gasteiger partial charge < -0.3 is 19.5 Å². The van der Waals surface area contributed by atoms with Gasteiger partial charge in [0.15, 0.2) is 0 Å². The molecule has 1 aliphatic heterocycles. The van der Waals surface area contributed by atoms with E-state index in [1.54, 1.807) is 0 Å². The maximum absolute atomic E-state index is 6.07. The third-order valence-corrected chi connectivity index (χ3v) is 5.24. The van der Waals surface area contributed by atoms with Gasteiger partial charge in [-0.1, -0.05) is 54.6 Å². The summed E-state index contributed by atoms with van der Waals surface area (Å²) in [6.07, 6.45) is 3.33. The summed E-state index contributed by atoms with van der Waals surface area (Å²) in [5, 5.41) is 3.49. The normalized spacial score (nSPS) is 15.7. The number of nitrogens with one attached hydrogen (secondary N) is 1. The van der Waals surface area contributed by atoms with Crippen molar-refractivity contribution in [1.82, 2.24) is 0 Å². The summed E-state index contributed by atoms with van der Waals surface area (Å²) in [5.41, 5.74) is 3.45. The first-order valence-electron chi connectivity index (χ1n) is 10.7. The zero-order valence-corrected chi connectivity index (χ0v) is 17.3. The molecule has 0 saturated carbocycles. The fraction of sp³-hybridized carbons (Fsp3) is 0.308. The van der Waals surface area contributed by atoms with E-state index in [9.17, 15) is 0 Å². The molecule has 0 aliphatic carbocycles. The van der Waals surface area contributed by atoms with Crippen LogP contribution in [-0.4, -0.2) is 25.9 Å². The fourth-order valence-corrected chi connectivity index (χ4v) is 3.57. The Balaban J connectivity index is 1.29. The Morgan fingerprint density at radius 3 is 2.63 bits per heavy atom. The highest BCUT2D eigenvalue weighted by Crippen LogP contribution is 2.23. The van der Waals surface area contributed by atoms with Gasteiger partial charge in [0.2, 0.25) is 0 Å². The van der Waals surface area contributed by atoms with Crippen molar-refractivity contribution >= 4 is 5.69 Å². The second-order valence-electron chi connectivity index (χ2n) is 7.52. The van der Waals surface area contributed by atoms with Crippen LogP contribution in [0, 0.1) is 0 Å². The predicted octanol–water partition coefficient (Wildman–Crippen LogP) is 5.48. The molecule has 1 heterocycles. The average molecular weight is 404 g/mol. The first kappa shape index (κ1) is 20.3. The van der Waals surface area contributed by atoms with Gasteiger partial charge in [0.05, 0.1) is 12.7 Å². The average Bonchev–Trinajstić information content (AvgIpc) is 3.32. The van der Waals surface area contributed by atoms with Gasteiger partial charge in [0.1, 0.15) is 18.1 Å².